The fourth-order valence-electron chi connectivity index (χ4n) is 1.70. The molecule has 136 valence electrons. The summed E-state index contributed by atoms with van der Waals surface area (Å²) in [5, 5.41) is 6.19. The summed E-state index contributed by atoms with van der Waals surface area (Å²) >= 11 is 0. The Bertz CT molecular complexity index is 562. The monoisotopic (exact) mass is 450 g/mol. The van der Waals surface area contributed by atoms with E-state index in [9.17, 15) is 9.18 Å². The first-order valence-electron chi connectivity index (χ1n) is 7.77. The Morgan fingerprint density at radius 3 is 2.50 bits per heavy atom. The van der Waals surface area contributed by atoms with E-state index in [4.69, 9.17) is 0 Å². The van der Waals surface area contributed by atoms with Crippen molar-refractivity contribution < 1.29 is 9.18 Å². The van der Waals surface area contributed by atoms with Gasteiger partial charge in [0.25, 0.3) is 0 Å². The molecule has 0 heterocycles. The van der Waals surface area contributed by atoms with E-state index in [-0.39, 0.29) is 42.2 Å². The maximum absolute atomic E-state index is 13.6. The number of guanidine groups is 1. The number of rotatable bonds is 6. The van der Waals surface area contributed by atoms with Crippen LogP contribution in [0.2, 0.25) is 0 Å². The van der Waals surface area contributed by atoms with Gasteiger partial charge in [0.1, 0.15) is 5.82 Å². The van der Waals surface area contributed by atoms with Gasteiger partial charge >= 0.3 is 0 Å². The molecule has 1 aromatic carbocycles. The lowest BCUT2D eigenvalue weighted by molar-refractivity contribution is -0.127. The maximum atomic E-state index is 13.6. The second kappa shape index (κ2) is 11.2. The number of hydrogen-bond acceptors (Lipinski definition) is 2. The van der Waals surface area contributed by atoms with Crippen LogP contribution in [0.15, 0.2) is 23.2 Å². The van der Waals surface area contributed by atoms with Crippen LogP contribution in [0.1, 0.15) is 25.0 Å². The molecule has 1 amide bonds. The lowest BCUT2D eigenvalue weighted by Gasteiger charge is -2.16. The molecule has 0 unspecified atom stereocenters. The van der Waals surface area contributed by atoms with E-state index < -0.39 is 0 Å². The number of nitrogens with one attached hydrogen (secondary N) is 2. The van der Waals surface area contributed by atoms with Gasteiger partial charge in [0.15, 0.2) is 5.96 Å². The number of nitrogens with zero attached hydrogens (tertiary/aromatic N) is 2. The Kier molecular flexibility index (Phi) is 10.6. The van der Waals surface area contributed by atoms with Crippen LogP contribution in [-0.2, 0) is 11.3 Å². The average molecular weight is 450 g/mol. The normalized spacial score (nSPS) is 11.0. The fraction of sp³-hybridized carbons (Fsp3) is 0.529. The Labute approximate surface area is 161 Å². The van der Waals surface area contributed by atoms with Gasteiger partial charge in [0.2, 0.25) is 5.91 Å². The summed E-state index contributed by atoms with van der Waals surface area (Å²) in [7, 11) is 3.41. The molecule has 0 atom stereocenters. The Hall–Kier alpha value is -1.38. The highest BCUT2D eigenvalue weighted by molar-refractivity contribution is 14.0. The zero-order chi connectivity index (χ0) is 17.4. The molecule has 5 nitrogen and oxygen atoms in total. The number of likely N-dealkylation sites (N-methyl/N-ethyl adjacent to an activating group) is 1. The minimum absolute atomic E-state index is 0. The van der Waals surface area contributed by atoms with Gasteiger partial charge in [0, 0.05) is 20.6 Å². The van der Waals surface area contributed by atoms with E-state index in [1.807, 2.05) is 6.07 Å². The van der Waals surface area contributed by atoms with E-state index in [0.29, 0.717) is 24.0 Å². The van der Waals surface area contributed by atoms with Crippen molar-refractivity contribution in [3.8, 4) is 0 Å². The molecular formula is C17H28FIN4O. The van der Waals surface area contributed by atoms with Crippen molar-refractivity contribution in [1.29, 1.82) is 0 Å². The molecule has 1 aromatic rings. The third-order valence-corrected chi connectivity index (χ3v) is 3.24. The quantitative estimate of drug-likeness (QED) is 0.398. The van der Waals surface area contributed by atoms with Crippen LogP contribution < -0.4 is 10.6 Å². The minimum atomic E-state index is -0.231. The summed E-state index contributed by atoms with van der Waals surface area (Å²) in [6.07, 6.45) is 0. The number of halogens is 2. The topological polar surface area (TPSA) is 56.7 Å². The molecule has 0 saturated carbocycles. The lowest BCUT2D eigenvalue weighted by atomic mass is 10.1. The molecule has 0 aromatic heterocycles. The van der Waals surface area contributed by atoms with E-state index in [1.165, 1.54) is 11.0 Å². The second-order valence-corrected chi connectivity index (χ2v) is 6.16. The number of aliphatic imine (C=N–C) groups is 1. The highest BCUT2D eigenvalue weighted by Gasteiger charge is 2.07. The molecule has 0 bridgehead atoms. The van der Waals surface area contributed by atoms with E-state index >= 15 is 0 Å². The molecule has 0 aliphatic heterocycles. The van der Waals surface area contributed by atoms with Crippen LogP contribution >= 0.6 is 24.0 Å². The van der Waals surface area contributed by atoms with Crippen LogP contribution in [0, 0.1) is 18.7 Å². The minimum Gasteiger partial charge on any atom is -0.356 e. The van der Waals surface area contributed by atoms with Crippen molar-refractivity contribution >= 4 is 35.8 Å². The summed E-state index contributed by atoms with van der Waals surface area (Å²) < 4.78 is 13.6. The van der Waals surface area contributed by atoms with Gasteiger partial charge < -0.3 is 15.5 Å². The summed E-state index contributed by atoms with van der Waals surface area (Å²) in [4.78, 5) is 17.6. The van der Waals surface area contributed by atoms with Gasteiger partial charge in [0.05, 0.1) is 13.1 Å². The first kappa shape index (κ1) is 22.6. The number of hydrogen-bond donors (Lipinski definition) is 2. The van der Waals surface area contributed by atoms with Crippen LogP contribution in [0.4, 0.5) is 4.39 Å². The SMILES string of the molecule is Cc1ccc(CN=C(NCC(=O)N(C)C)NCC(C)C)cc1F.I. The van der Waals surface area contributed by atoms with Crippen LogP contribution in [0.25, 0.3) is 0 Å². The van der Waals surface area contributed by atoms with Gasteiger partial charge in [-0.1, -0.05) is 26.0 Å². The number of carbonyl (C=O) groups is 1. The first-order chi connectivity index (χ1) is 10.8. The van der Waals surface area contributed by atoms with Crippen LogP contribution in [0.3, 0.4) is 0 Å². The average Bonchev–Trinajstić information content (AvgIpc) is 2.49. The molecule has 7 heteroatoms. The molecule has 0 saturated heterocycles. The van der Waals surface area contributed by atoms with Gasteiger partial charge in [-0.05, 0) is 30.0 Å². The summed E-state index contributed by atoms with van der Waals surface area (Å²) in [6, 6.07) is 5.08. The van der Waals surface area contributed by atoms with Crippen molar-refractivity contribution in [2.75, 3.05) is 27.2 Å². The molecule has 0 fully saturated rings. The Morgan fingerprint density at radius 2 is 1.96 bits per heavy atom. The maximum Gasteiger partial charge on any atom is 0.241 e. The molecule has 0 aliphatic rings. The third kappa shape index (κ3) is 8.47. The summed E-state index contributed by atoms with van der Waals surface area (Å²) in [5.41, 5.74) is 1.41. The zero-order valence-electron chi connectivity index (χ0n) is 15.0. The predicted molar refractivity (Wildman–Crippen MR) is 107 cm³/mol. The smallest absolute Gasteiger partial charge is 0.241 e. The number of aryl methyl sites for hydroxylation is 1. The van der Waals surface area contributed by atoms with Crippen molar-refractivity contribution in [2.24, 2.45) is 10.9 Å². The molecular weight excluding hydrogens is 422 g/mol. The van der Waals surface area contributed by atoms with Gasteiger partial charge in [-0.2, -0.15) is 0 Å². The van der Waals surface area contributed by atoms with Crippen molar-refractivity contribution in [2.45, 2.75) is 27.3 Å². The van der Waals surface area contributed by atoms with E-state index in [2.05, 4.69) is 29.5 Å². The Morgan fingerprint density at radius 1 is 1.29 bits per heavy atom. The zero-order valence-corrected chi connectivity index (χ0v) is 17.3. The molecule has 0 aliphatic carbocycles. The van der Waals surface area contributed by atoms with Crippen molar-refractivity contribution in [3.05, 3.63) is 35.1 Å². The lowest BCUT2D eigenvalue weighted by Crippen LogP contribution is -2.44. The van der Waals surface area contributed by atoms with Gasteiger partial charge in [-0.25, -0.2) is 9.38 Å². The second-order valence-electron chi connectivity index (χ2n) is 6.16. The van der Waals surface area contributed by atoms with E-state index in [1.54, 1.807) is 27.1 Å². The highest BCUT2D eigenvalue weighted by Crippen LogP contribution is 2.09. The molecule has 0 radical (unpaired) electrons. The highest BCUT2D eigenvalue weighted by atomic mass is 127. The number of amides is 1. The van der Waals surface area contributed by atoms with Crippen molar-refractivity contribution in [1.82, 2.24) is 15.5 Å². The fourth-order valence-corrected chi connectivity index (χ4v) is 1.70. The van der Waals surface area contributed by atoms with Crippen LogP contribution in [-0.4, -0.2) is 44.0 Å². The summed E-state index contributed by atoms with van der Waals surface area (Å²) in [5.74, 6) is 0.730. The molecule has 1 rings (SSSR count). The molecule has 2 N–H and O–H groups in total. The standard InChI is InChI=1S/C17H27FN4O.HI/c1-12(2)9-19-17(21-11-16(23)22(4)5)20-10-14-7-6-13(3)15(18)8-14;/h6-8,12H,9-11H2,1-5H3,(H2,19,20,21);1H. The van der Waals surface area contributed by atoms with E-state index in [0.717, 1.165) is 12.1 Å². The number of carbonyl (C=O) groups excluding carboxylic acids is 1. The predicted octanol–water partition coefficient (Wildman–Crippen LogP) is 2.53. The third-order valence-electron chi connectivity index (χ3n) is 3.24. The van der Waals surface area contributed by atoms with Crippen LogP contribution in [0.5, 0.6) is 0 Å². The molecule has 0 spiro atoms. The van der Waals surface area contributed by atoms with Gasteiger partial charge in [-0.3, -0.25) is 4.79 Å². The van der Waals surface area contributed by atoms with Gasteiger partial charge in [-0.15, -0.1) is 24.0 Å². The molecule has 24 heavy (non-hydrogen) atoms. The largest absolute Gasteiger partial charge is 0.356 e. The first-order valence-corrected chi connectivity index (χ1v) is 7.77. The number of benzene rings is 1. The Balaban J connectivity index is 0.00000529. The summed E-state index contributed by atoms with van der Waals surface area (Å²) in [6.45, 7) is 7.16. The van der Waals surface area contributed by atoms with Crippen molar-refractivity contribution in [3.63, 3.8) is 0 Å².